The summed E-state index contributed by atoms with van der Waals surface area (Å²) in [4.78, 5) is 16.5. The number of aromatic nitrogens is 4. The van der Waals surface area contributed by atoms with E-state index in [1.54, 1.807) is 53.1 Å². The molecule has 0 aliphatic carbocycles. The van der Waals surface area contributed by atoms with Gasteiger partial charge in [-0.1, -0.05) is 0 Å². The van der Waals surface area contributed by atoms with Gasteiger partial charge in [0.25, 0.3) is 5.91 Å². The zero-order chi connectivity index (χ0) is 21.6. The molecular weight excluding hydrogens is 403 g/mol. The van der Waals surface area contributed by atoms with Gasteiger partial charge < -0.3 is 14.4 Å². The van der Waals surface area contributed by atoms with Crippen LogP contribution in [0, 0.1) is 5.82 Å². The number of carbonyl (C=O) groups is 1. The Morgan fingerprint density at radius 1 is 1.00 bits per heavy atom. The molecule has 2 aromatic carbocycles. The van der Waals surface area contributed by atoms with Crippen molar-refractivity contribution in [1.82, 2.24) is 30.0 Å². The SMILES string of the molecule is COc1ccc(OCC(=O)N2CCN(Cc3nnnn3-c3ccc(F)cc3)CC2)cc1. The van der Waals surface area contributed by atoms with Gasteiger partial charge in [-0.2, -0.15) is 4.68 Å². The first-order valence-electron chi connectivity index (χ1n) is 9.92. The van der Waals surface area contributed by atoms with Gasteiger partial charge >= 0.3 is 0 Å². The first-order valence-corrected chi connectivity index (χ1v) is 9.92. The highest BCUT2D eigenvalue weighted by Crippen LogP contribution is 2.17. The average Bonchev–Trinajstić information content (AvgIpc) is 3.27. The molecule has 0 bridgehead atoms. The predicted molar refractivity (Wildman–Crippen MR) is 109 cm³/mol. The Hall–Kier alpha value is -3.53. The summed E-state index contributed by atoms with van der Waals surface area (Å²) in [6, 6.07) is 13.1. The zero-order valence-electron chi connectivity index (χ0n) is 17.1. The lowest BCUT2D eigenvalue weighted by Gasteiger charge is -2.34. The molecule has 0 unspecified atom stereocenters. The molecule has 2 heterocycles. The first kappa shape index (κ1) is 20.7. The number of piperazine rings is 1. The van der Waals surface area contributed by atoms with E-state index in [2.05, 4.69) is 20.4 Å². The molecule has 1 fully saturated rings. The number of benzene rings is 2. The zero-order valence-corrected chi connectivity index (χ0v) is 17.1. The van der Waals surface area contributed by atoms with Gasteiger partial charge in [0.05, 0.1) is 19.3 Å². The summed E-state index contributed by atoms with van der Waals surface area (Å²) in [7, 11) is 1.60. The first-order chi connectivity index (χ1) is 15.1. The van der Waals surface area contributed by atoms with Gasteiger partial charge in [-0.3, -0.25) is 9.69 Å². The highest BCUT2D eigenvalue weighted by atomic mass is 19.1. The Balaban J connectivity index is 1.26. The fourth-order valence-corrected chi connectivity index (χ4v) is 3.35. The second-order valence-electron chi connectivity index (χ2n) is 7.10. The largest absolute Gasteiger partial charge is 0.497 e. The fourth-order valence-electron chi connectivity index (χ4n) is 3.35. The third-order valence-electron chi connectivity index (χ3n) is 5.12. The Labute approximate surface area is 179 Å². The van der Waals surface area contributed by atoms with Crippen molar-refractivity contribution in [3.8, 4) is 17.2 Å². The lowest BCUT2D eigenvalue weighted by molar-refractivity contribution is -0.135. The van der Waals surface area contributed by atoms with Crippen molar-refractivity contribution in [2.45, 2.75) is 6.54 Å². The van der Waals surface area contributed by atoms with Gasteiger partial charge in [-0.05, 0) is 59.0 Å². The summed E-state index contributed by atoms with van der Waals surface area (Å²) in [5.74, 6) is 1.66. The minimum absolute atomic E-state index is 0.00482. The molecule has 3 aromatic rings. The van der Waals surface area contributed by atoms with E-state index in [-0.39, 0.29) is 18.3 Å². The maximum atomic E-state index is 13.2. The molecule has 0 atom stereocenters. The van der Waals surface area contributed by atoms with E-state index in [9.17, 15) is 9.18 Å². The maximum absolute atomic E-state index is 13.2. The summed E-state index contributed by atoms with van der Waals surface area (Å²) in [6.07, 6.45) is 0. The number of ether oxygens (including phenoxy) is 2. The Bertz CT molecular complexity index is 1000. The summed E-state index contributed by atoms with van der Waals surface area (Å²) >= 11 is 0. The van der Waals surface area contributed by atoms with Crippen LogP contribution in [0.5, 0.6) is 11.5 Å². The van der Waals surface area contributed by atoms with Crippen LogP contribution in [0.2, 0.25) is 0 Å². The smallest absolute Gasteiger partial charge is 0.260 e. The molecule has 0 spiro atoms. The predicted octanol–water partition coefficient (Wildman–Crippen LogP) is 1.53. The molecule has 4 rings (SSSR count). The lowest BCUT2D eigenvalue weighted by atomic mass is 10.3. The topological polar surface area (TPSA) is 85.6 Å². The van der Waals surface area contributed by atoms with Crippen LogP contribution in [-0.2, 0) is 11.3 Å². The highest BCUT2D eigenvalue weighted by molar-refractivity contribution is 5.77. The van der Waals surface area contributed by atoms with Crippen LogP contribution in [0.25, 0.3) is 5.69 Å². The van der Waals surface area contributed by atoms with Crippen LogP contribution in [0.3, 0.4) is 0 Å². The van der Waals surface area contributed by atoms with Gasteiger partial charge in [0.1, 0.15) is 17.3 Å². The number of amides is 1. The molecule has 1 amide bonds. The molecule has 9 nitrogen and oxygen atoms in total. The van der Waals surface area contributed by atoms with Crippen molar-refractivity contribution < 1.29 is 18.7 Å². The lowest BCUT2D eigenvalue weighted by Crippen LogP contribution is -2.49. The summed E-state index contributed by atoms with van der Waals surface area (Å²) in [6.45, 7) is 3.13. The van der Waals surface area contributed by atoms with Crippen LogP contribution < -0.4 is 9.47 Å². The summed E-state index contributed by atoms with van der Waals surface area (Å²) in [5, 5.41) is 11.8. The third-order valence-corrected chi connectivity index (χ3v) is 5.12. The van der Waals surface area contributed by atoms with Gasteiger partial charge in [0.2, 0.25) is 0 Å². The molecule has 162 valence electrons. The Morgan fingerprint density at radius 3 is 2.35 bits per heavy atom. The van der Waals surface area contributed by atoms with Gasteiger partial charge in [-0.15, -0.1) is 5.10 Å². The number of carbonyl (C=O) groups excluding carboxylic acids is 1. The molecule has 0 saturated carbocycles. The van der Waals surface area contributed by atoms with E-state index in [0.29, 0.717) is 50.0 Å². The fraction of sp³-hybridized carbons (Fsp3) is 0.333. The number of tetrazole rings is 1. The Kier molecular flexibility index (Phi) is 6.37. The van der Waals surface area contributed by atoms with Crippen molar-refractivity contribution >= 4 is 5.91 Å². The summed E-state index contributed by atoms with van der Waals surface area (Å²) < 4.78 is 25.5. The average molecular weight is 426 g/mol. The van der Waals surface area contributed by atoms with E-state index in [1.165, 1.54) is 12.1 Å². The van der Waals surface area contributed by atoms with Crippen molar-refractivity contribution in [3.05, 3.63) is 60.2 Å². The highest BCUT2D eigenvalue weighted by Gasteiger charge is 2.23. The van der Waals surface area contributed by atoms with Crippen LogP contribution in [0.1, 0.15) is 5.82 Å². The molecular formula is C21H23FN6O3. The van der Waals surface area contributed by atoms with Crippen LogP contribution >= 0.6 is 0 Å². The van der Waals surface area contributed by atoms with Gasteiger partial charge in [-0.25, -0.2) is 4.39 Å². The number of nitrogens with zero attached hydrogens (tertiary/aromatic N) is 6. The summed E-state index contributed by atoms with van der Waals surface area (Å²) in [5.41, 5.74) is 0.700. The number of hydrogen-bond donors (Lipinski definition) is 0. The third kappa shape index (κ3) is 5.15. The number of halogens is 1. The molecule has 0 radical (unpaired) electrons. The van der Waals surface area contributed by atoms with Crippen molar-refractivity contribution in [3.63, 3.8) is 0 Å². The van der Waals surface area contributed by atoms with E-state index in [1.807, 2.05) is 0 Å². The monoisotopic (exact) mass is 426 g/mol. The van der Waals surface area contributed by atoms with Gasteiger partial charge in [0, 0.05) is 26.2 Å². The van der Waals surface area contributed by atoms with Crippen LogP contribution in [-0.4, -0.2) is 75.8 Å². The van der Waals surface area contributed by atoms with Crippen LogP contribution in [0.15, 0.2) is 48.5 Å². The standard InChI is InChI=1S/C21H23FN6O3/c1-30-18-6-8-19(9-7-18)31-15-21(29)27-12-10-26(11-13-27)14-20-23-24-25-28(20)17-4-2-16(22)3-5-17/h2-9H,10-15H2,1H3. The maximum Gasteiger partial charge on any atom is 0.260 e. The molecule has 10 heteroatoms. The van der Waals surface area contributed by atoms with E-state index in [0.717, 1.165) is 5.75 Å². The molecule has 1 aliphatic rings. The Morgan fingerprint density at radius 2 is 1.68 bits per heavy atom. The van der Waals surface area contributed by atoms with Crippen LogP contribution in [0.4, 0.5) is 4.39 Å². The normalized spacial score (nSPS) is 14.5. The second-order valence-corrected chi connectivity index (χ2v) is 7.10. The van der Waals surface area contributed by atoms with Crippen molar-refractivity contribution in [2.75, 3.05) is 39.9 Å². The van der Waals surface area contributed by atoms with E-state index >= 15 is 0 Å². The molecule has 31 heavy (non-hydrogen) atoms. The second kappa shape index (κ2) is 9.52. The molecule has 1 aliphatic heterocycles. The number of hydrogen-bond acceptors (Lipinski definition) is 7. The number of methoxy groups -OCH3 is 1. The molecule has 1 saturated heterocycles. The van der Waals surface area contributed by atoms with Crippen molar-refractivity contribution in [1.29, 1.82) is 0 Å². The van der Waals surface area contributed by atoms with Gasteiger partial charge in [0.15, 0.2) is 12.4 Å². The van der Waals surface area contributed by atoms with E-state index in [4.69, 9.17) is 9.47 Å². The van der Waals surface area contributed by atoms with E-state index < -0.39 is 0 Å². The minimum atomic E-state index is -0.310. The molecule has 0 N–H and O–H groups in total. The van der Waals surface area contributed by atoms with Crippen molar-refractivity contribution in [2.24, 2.45) is 0 Å². The molecule has 1 aromatic heterocycles. The number of rotatable bonds is 7. The minimum Gasteiger partial charge on any atom is -0.497 e. The quantitative estimate of drug-likeness (QED) is 0.566.